The van der Waals surface area contributed by atoms with Gasteiger partial charge in [0.05, 0.1) is 6.54 Å². The monoisotopic (exact) mass is 277 g/mol. The van der Waals surface area contributed by atoms with Gasteiger partial charge in [-0.25, -0.2) is 4.68 Å². The maximum atomic E-state index is 9.33. The van der Waals surface area contributed by atoms with Crippen molar-refractivity contribution in [1.82, 2.24) is 14.7 Å². The zero-order valence-electron chi connectivity index (χ0n) is 12.2. The number of nitriles is 1. The number of rotatable bonds is 4. The standard InChI is InChI=1S/C13H23N7/c1-18(2)7-8-20-12(16)11(9-14)13(17-20)19-5-3-10(15)4-6-19/h10H,3-8,15-16H2,1-2H3. The molecule has 1 aromatic heterocycles. The average molecular weight is 277 g/mol. The summed E-state index contributed by atoms with van der Waals surface area (Å²) < 4.78 is 1.72. The SMILES string of the molecule is CN(C)CCn1nc(N2CCC(N)CC2)c(C#N)c1N. The van der Waals surface area contributed by atoms with Crippen molar-refractivity contribution < 1.29 is 0 Å². The number of likely N-dealkylation sites (N-methyl/N-ethyl adjacent to an activating group) is 1. The summed E-state index contributed by atoms with van der Waals surface area (Å²) in [5, 5.41) is 13.9. The molecule has 7 heteroatoms. The van der Waals surface area contributed by atoms with Crippen LogP contribution < -0.4 is 16.4 Å². The first-order valence-corrected chi connectivity index (χ1v) is 6.94. The number of anilines is 2. The molecule has 110 valence electrons. The summed E-state index contributed by atoms with van der Waals surface area (Å²) in [6.07, 6.45) is 1.85. The summed E-state index contributed by atoms with van der Waals surface area (Å²) in [6.45, 7) is 3.18. The Hall–Kier alpha value is -1.78. The van der Waals surface area contributed by atoms with Crippen LogP contribution in [0.5, 0.6) is 0 Å². The Morgan fingerprint density at radius 2 is 2.05 bits per heavy atom. The highest BCUT2D eigenvalue weighted by molar-refractivity contribution is 5.65. The quantitative estimate of drug-likeness (QED) is 0.792. The molecule has 0 atom stereocenters. The van der Waals surface area contributed by atoms with E-state index in [0.29, 0.717) is 23.7 Å². The van der Waals surface area contributed by atoms with E-state index in [-0.39, 0.29) is 6.04 Å². The summed E-state index contributed by atoms with van der Waals surface area (Å²) in [5.74, 6) is 1.16. The molecular formula is C13H23N7. The molecule has 0 spiro atoms. The van der Waals surface area contributed by atoms with Crippen LogP contribution in [-0.2, 0) is 6.54 Å². The van der Waals surface area contributed by atoms with E-state index in [0.717, 1.165) is 32.5 Å². The van der Waals surface area contributed by atoms with Crippen LogP contribution in [0, 0.1) is 11.3 Å². The van der Waals surface area contributed by atoms with Crippen LogP contribution in [0.3, 0.4) is 0 Å². The summed E-state index contributed by atoms with van der Waals surface area (Å²) in [7, 11) is 4.00. The third kappa shape index (κ3) is 3.03. The zero-order valence-corrected chi connectivity index (χ0v) is 12.2. The molecule has 1 aliphatic rings. The van der Waals surface area contributed by atoms with Crippen molar-refractivity contribution in [2.45, 2.75) is 25.4 Å². The van der Waals surface area contributed by atoms with E-state index in [4.69, 9.17) is 11.5 Å². The molecule has 0 aromatic carbocycles. The Kier molecular flexibility index (Phi) is 4.47. The van der Waals surface area contributed by atoms with Gasteiger partial charge in [0, 0.05) is 25.7 Å². The molecule has 0 saturated carbocycles. The third-order valence-electron chi connectivity index (χ3n) is 3.68. The largest absolute Gasteiger partial charge is 0.383 e. The molecule has 0 radical (unpaired) electrons. The lowest BCUT2D eigenvalue weighted by Gasteiger charge is -2.30. The first kappa shape index (κ1) is 14.6. The molecule has 20 heavy (non-hydrogen) atoms. The van der Waals surface area contributed by atoms with Gasteiger partial charge in [0.15, 0.2) is 5.82 Å². The van der Waals surface area contributed by atoms with Crippen molar-refractivity contribution in [3.05, 3.63) is 5.56 Å². The van der Waals surface area contributed by atoms with Crippen LogP contribution in [0.15, 0.2) is 0 Å². The molecule has 1 aliphatic heterocycles. The Labute approximate surface area is 119 Å². The second-order valence-corrected chi connectivity index (χ2v) is 5.55. The lowest BCUT2D eigenvalue weighted by atomic mass is 10.1. The summed E-state index contributed by atoms with van der Waals surface area (Å²) in [4.78, 5) is 4.18. The molecule has 0 amide bonds. The Morgan fingerprint density at radius 3 is 2.60 bits per heavy atom. The van der Waals surface area contributed by atoms with Gasteiger partial charge in [-0.05, 0) is 26.9 Å². The fraction of sp³-hybridized carbons (Fsp3) is 0.692. The van der Waals surface area contributed by atoms with E-state index in [1.807, 2.05) is 14.1 Å². The molecular weight excluding hydrogens is 254 g/mol. The summed E-state index contributed by atoms with van der Waals surface area (Å²) >= 11 is 0. The number of piperidine rings is 1. The van der Waals surface area contributed by atoms with Crippen molar-refractivity contribution in [2.75, 3.05) is 44.4 Å². The molecule has 1 fully saturated rings. The van der Waals surface area contributed by atoms with Crippen molar-refractivity contribution in [1.29, 1.82) is 5.26 Å². The predicted molar refractivity (Wildman–Crippen MR) is 79.3 cm³/mol. The maximum absolute atomic E-state index is 9.33. The Morgan fingerprint density at radius 1 is 1.40 bits per heavy atom. The second kappa shape index (κ2) is 6.11. The number of hydrogen-bond donors (Lipinski definition) is 2. The lowest BCUT2D eigenvalue weighted by molar-refractivity contribution is 0.374. The van der Waals surface area contributed by atoms with E-state index in [1.165, 1.54) is 0 Å². The maximum Gasteiger partial charge on any atom is 0.170 e. The number of aromatic nitrogens is 2. The predicted octanol–water partition coefficient (Wildman–Crippen LogP) is -0.174. The first-order chi connectivity index (χ1) is 9.52. The first-order valence-electron chi connectivity index (χ1n) is 6.94. The van der Waals surface area contributed by atoms with Crippen molar-refractivity contribution in [2.24, 2.45) is 5.73 Å². The van der Waals surface area contributed by atoms with Crippen molar-refractivity contribution >= 4 is 11.6 Å². The number of nitrogen functional groups attached to an aromatic ring is 1. The third-order valence-corrected chi connectivity index (χ3v) is 3.68. The van der Waals surface area contributed by atoms with Gasteiger partial charge in [0.25, 0.3) is 0 Å². The second-order valence-electron chi connectivity index (χ2n) is 5.55. The van der Waals surface area contributed by atoms with Gasteiger partial charge in [0.2, 0.25) is 0 Å². The van der Waals surface area contributed by atoms with E-state index in [1.54, 1.807) is 4.68 Å². The molecule has 1 aromatic rings. The molecule has 2 rings (SSSR count). The van der Waals surface area contributed by atoms with Crippen LogP contribution in [0.25, 0.3) is 0 Å². The molecule has 4 N–H and O–H groups in total. The van der Waals surface area contributed by atoms with Crippen LogP contribution >= 0.6 is 0 Å². The van der Waals surface area contributed by atoms with Crippen molar-refractivity contribution in [3.8, 4) is 6.07 Å². The minimum atomic E-state index is 0.255. The normalized spacial score (nSPS) is 16.6. The van der Waals surface area contributed by atoms with Gasteiger partial charge in [-0.2, -0.15) is 10.4 Å². The summed E-state index contributed by atoms with van der Waals surface area (Å²) in [6, 6.07) is 2.44. The van der Waals surface area contributed by atoms with Gasteiger partial charge in [-0.15, -0.1) is 0 Å². The highest BCUT2D eigenvalue weighted by atomic mass is 15.4. The number of hydrogen-bond acceptors (Lipinski definition) is 6. The van der Waals surface area contributed by atoms with Crippen LogP contribution in [0.1, 0.15) is 18.4 Å². The molecule has 0 aliphatic carbocycles. The molecule has 2 heterocycles. The average Bonchev–Trinajstić information content (AvgIpc) is 2.73. The molecule has 1 saturated heterocycles. The Balaban J connectivity index is 2.20. The number of nitrogens with zero attached hydrogens (tertiary/aromatic N) is 5. The van der Waals surface area contributed by atoms with Crippen LogP contribution in [0.4, 0.5) is 11.6 Å². The van der Waals surface area contributed by atoms with Crippen molar-refractivity contribution in [3.63, 3.8) is 0 Å². The van der Waals surface area contributed by atoms with E-state index < -0.39 is 0 Å². The minimum Gasteiger partial charge on any atom is -0.383 e. The molecule has 7 nitrogen and oxygen atoms in total. The Bertz CT molecular complexity index is 492. The van der Waals surface area contributed by atoms with Gasteiger partial charge < -0.3 is 21.3 Å². The van der Waals surface area contributed by atoms with Gasteiger partial charge in [-0.1, -0.05) is 0 Å². The zero-order chi connectivity index (χ0) is 14.7. The molecule has 0 unspecified atom stereocenters. The van der Waals surface area contributed by atoms with Gasteiger partial charge >= 0.3 is 0 Å². The van der Waals surface area contributed by atoms with E-state index >= 15 is 0 Å². The molecule has 0 bridgehead atoms. The smallest absolute Gasteiger partial charge is 0.170 e. The van der Waals surface area contributed by atoms with Crippen LogP contribution in [0.2, 0.25) is 0 Å². The van der Waals surface area contributed by atoms with E-state index in [2.05, 4.69) is 21.0 Å². The summed E-state index contributed by atoms with van der Waals surface area (Å²) in [5.41, 5.74) is 12.4. The minimum absolute atomic E-state index is 0.255. The fourth-order valence-corrected chi connectivity index (χ4v) is 2.37. The highest BCUT2D eigenvalue weighted by Crippen LogP contribution is 2.26. The van der Waals surface area contributed by atoms with Gasteiger partial charge in [0.1, 0.15) is 17.5 Å². The number of nitrogens with two attached hydrogens (primary N) is 2. The fourth-order valence-electron chi connectivity index (χ4n) is 2.37. The lowest BCUT2D eigenvalue weighted by Crippen LogP contribution is -2.40. The van der Waals surface area contributed by atoms with Crippen LogP contribution in [-0.4, -0.2) is 54.5 Å². The highest BCUT2D eigenvalue weighted by Gasteiger charge is 2.24. The topological polar surface area (TPSA) is 100 Å². The van der Waals surface area contributed by atoms with Gasteiger partial charge in [-0.3, -0.25) is 0 Å². The van der Waals surface area contributed by atoms with E-state index in [9.17, 15) is 5.26 Å².